The van der Waals surface area contributed by atoms with Crippen molar-refractivity contribution in [2.24, 2.45) is 0 Å². The van der Waals surface area contributed by atoms with Crippen LogP contribution in [0.25, 0.3) is 0 Å². The molecule has 0 spiro atoms. The zero-order chi connectivity index (χ0) is 19.4. The Balaban J connectivity index is 0.00000280. The summed E-state index contributed by atoms with van der Waals surface area (Å²) in [5.74, 6) is 0. The number of unbranched alkanes of at least 4 members (excludes halogenated alkanes) is 5. The Morgan fingerprint density at radius 3 is 2.68 bits per heavy atom. The van der Waals surface area contributed by atoms with Gasteiger partial charge in [0.05, 0.1) is 12.7 Å². The van der Waals surface area contributed by atoms with Crippen molar-refractivity contribution in [1.29, 1.82) is 0 Å². The van der Waals surface area contributed by atoms with E-state index in [1.54, 1.807) is 0 Å². The summed E-state index contributed by atoms with van der Waals surface area (Å²) < 4.78 is 28.0. The molecule has 11 heteroatoms. The molecule has 3 rings (SSSR count). The minimum atomic E-state index is -4.31. The predicted octanol–water partition coefficient (Wildman–Crippen LogP) is 1.99. The number of phosphoric ester groups is 1. The van der Waals surface area contributed by atoms with Gasteiger partial charge >= 0.3 is 5.69 Å². The number of phosphoric acid groups is 1. The van der Waals surface area contributed by atoms with E-state index in [-0.39, 0.29) is 24.7 Å². The van der Waals surface area contributed by atoms with Crippen molar-refractivity contribution in [3.63, 3.8) is 0 Å². The number of H-pyrrole nitrogens is 1. The van der Waals surface area contributed by atoms with Crippen molar-refractivity contribution >= 4 is 7.82 Å². The van der Waals surface area contributed by atoms with E-state index in [2.05, 4.69) is 16.4 Å². The number of rotatable bonds is 8. The first-order valence-corrected chi connectivity index (χ1v) is 11.0. The van der Waals surface area contributed by atoms with Crippen LogP contribution in [0.15, 0.2) is 15.8 Å². The monoisotopic (exact) mass is 419 g/mol. The third kappa shape index (κ3) is 5.62. The molecule has 2 saturated heterocycles. The number of hydrogen-bond acceptors (Lipinski definition) is 7. The molecule has 0 aromatic carbocycles. The van der Waals surface area contributed by atoms with Gasteiger partial charge in [0, 0.05) is 18.2 Å². The zero-order valence-electron chi connectivity index (χ0n) is 16.4. The van der Waals surface area contributed by atoms with Crippen LogP contribution in [0.4, 0.5) is 0 Å². The number of nitrogens with zero attached hydrogens (tertiary/aromatic N) is 1. The minimum Gasteiger partial charge on any atom is -0.756 e. The van der Waals surface area contributed by atoms with Crippen molar-refractivity contribution in [2.75, 3.05) is 6.61 Å². The number of ether oxygens (including phenoxy) is 1. The normalized spacial score (nSPS) is 29.3. The predicted molar refractivity (Wildman–Crippen MR) is 101 cm³/mol. The van der Waals surface area contributed by atoms with Gasteiger partial charge in [0.15, 0.2) is 0 Å². The highest BCUT2D eigenvalue weighted by Gasteiger charge is 2.43. The molecule has 0 amide bonds. The lowest BCUT2D eigenvalue weighted by atomic mass is 10.1. The second kappa shape index (κ2) is 9.96. The number of aromatic nitrogens is 2. The Kier molecular flexibility index (Phi) is 8.18. The van der Waals surface area contributed by atoms with E-state index in [1.807, 2.05) is 0 Å². The average molecular weight is 419 g/mol. The highest BCUT2D eigenvalue weighted by molar-refractivity contribution is 7.45. The molecule has 4 atom stereocenters. The number of aromatic amines is 1. The topological polar surface area (TPSA) is 159 Å². The van der Waals surface area contributed by atoms with Crippen LogP contribution in [0.5, 0.6) is 0 Å². The molecule has 10 nitrogen and oxygen atoms in total. The van der Waals surface area contributed by atoms with Gasteiger partial charge in [0.1, 0.15) is 12.3 Å². The Morgan fingerprint density at radius 1 is 1.21 bits per heavy atom. The standard InChI is InChI=1S/C17H27N2O7P.H3N/c1-2-3-4-5-6-7-8-12-10-19(17(21)18-16(12)20)15-9-13-14(25-15)11-24-27(22,23)26-13;/h10,13-15H,2-9,11H2,1H3,(H,22,23)(H,18,20,21);1H3. The Morgan fingerprint density at radius 2 is 1.93 bits per heavy atom. The average Bonchev–Trinajstić information content (AvgIpc) is 3.01. The van der Waals surface area contributed by atoms with Crippen LogP contribution in [-0.2, 0) is 24.8 Å². The summed E-state index contributed by atoms with van der Waals surface area (Å²) in [5.41, 5.74) is -0.444. The summed E-state index contributed by atoms with van der Waals surface area (Å²) in [4.78, 5) is 38.0. The van der Waals surface area contributed by atoms with Gasteiger partial charge in [0.2, 0.25) is 0 Å². The second-order valence-electron chi connectivity index (χ2n) is 7.09. The first-order chi connectivity index (χ1) is 12.9. The van der Waals surface area contributed by atoms with Gasteiger partial charge in [-0.05, 0) is 12.8 Å². The van der Waals surface area contributed by atoms with Gasteiger partial charge in [0.25, 0.3) is 13.4 Å². The SMILES string of the molecule is CCCCCCCCc1cn(C2CC3OP(=O)([O-])OCC3O2)c(=O)[nH]c1=O.[NH4+]. The number of aryl methyl sites for hydroxylation is 1. The fourth-order valence-electron chi connectivity index (χ4n) is 3.51. The molecule has 4 unspecified atom stereocenters. The lowest BCUT2D eigenvalue weighted by Gasteiger charge is -2.33. The van der Waals surface area contributed by atoms with Gasteiger partial charge in [-0.25, -0.2) is 4.79 Å². The van der Waals surface area contributed by atoms with Crippen molar-refractivity contribution in [3.05, 3.63) is 32.6 Å². The smallest absolute Gasteiger partial charge is 0.330 e. The summed E-state index contributed by atoms with van der Waals surface area (Å²) in [5, 5.41) is 0. The first kappa shape index (κ1) is 23.0. The van der Waals surface area contributed by atoms with Crippen LogP contribution in [0.1, 0.15) is 63.7 Å². The maximum absolute atomic E-state index is 12.2. The summed E-state index contributed by atoms with van der Waals surface area (Å²) >= 11 is 0. The van der Waals surface area contributed by atoms with Crippen molar-refractivity contribution in [2.45, 2.75) is 76.7 Å². The van der Waals surface area contributed by atoms with E-state index in [1.165, 1.54) is 30.0 Å². The molecule has 160 valence electrons. The maximum Gasteiger partial charge on any atom is 0.330 e. The van der Waals surface area contributed by atoms with E-state index < -0.39 is 31.9 Å². The number of nitrogens with one attached hydrogen (secondary N) is 1. The molecule has 1 aromatic heterocycles. The van der Waals surface area contributed by atoms with Crippen molar-refractivity contribution in [3.8, 4) is 0 Å². The van der Waals surface area contributed by atoms with E-state index in [0.29, 0.717) is 12.0 Å². The third-order valence-electron chi connectivity index (χ3n) is 4.99. The molecule has 5 N–H and O–H groups in total. The highest BCUT2D eigenvalue weighted by atomic mass is 31.2. The van der Waals surface area contributed by atoms with Gasteiger partial charge < -0.3 is 24.8 Å². The van der Waals surface area contributed by atoms with Crippen LogP contribution < -0.4 is 22.3 Å². The van der Waals surface area contributed by atoms with Gasteiger partial charge in [-0.2, -0.15) is 0 Å². The molecule has 0 saturated carbocycles. The highest BCUT2D eigenvalue weighted by Crippen LogP contribution is 2.49. The van der Waals surface area contributed by atoms with Crippen molar-refractivity contribution < 1.29 is 23.2 Å². The summed E-state index contributed by atoms with van der Waals surface area (Å²) in [6.45, 7) is 2.03. The molecule has 0 aliphatic carbocycles. The molecule has 2 aliphatic rings. The molecular formula is C17H30N3O7P. The van der Waals surface area contributed by atoms with Crippen LogP contribution in [0, 0.1) is 0 Å². The molecule has 0 bridgehead atoms. The van der Waals surface area contributed by atoms with E-state index >= 15 is 0 Å². The molecule has 2 fully saturated rings. The van der Waals surface area contributed by atoms with Crippen LogP contribution in [0.3, 0.4) is 0 Å². The van der Waals surface area contributed by atoms with E-state index in [9.17, 15) is 19.0 Å². The number of hydrogen-bond donors (Lipinski definition) is 2. The lowest BCUT2D eigenvalue weighted by molar-refractivity contribution is -0.243. The number of fused-ring (bicyclic) bond motifs is 1. The Bertz CT molecular complexity index is 809. The summed E-state index contributed by atoms with van der Waals surface area (Å²) in [7, 11) is -4.31. The van der Waals surface area contributed by atoms with Crippen LogP contribution in [0.2, 0.25) is 0 Å². The summed E-state index contributed by atoms with van der Waals surface area (Å²) in [6.07, 6.45) is 6.98. The number of quaternary nitrogens is 1. The quantitative estimate of drug-likeness (QED) is 0.481. The summed E-state index contributed by atoms with van der Waals surface area (Å²) in [6, 6.07) is 0. The van der Waals surface area contributed by atoms with E-state index in [4.69, 9.17) is 9.26 Å². The fraction of sp³-hybridized carbons (Fsp3) is 0.765. The molecule has 28 heavy (non-hydrogen) atoms. The van der Waals surface area contributed by atoms with E-state index in [0.717, 1.165) is 19.3 Å². The maximum atomic E-state index is 12.2. The van der Waals surface area contributed by atoms with Crippen LogP contribution >= 0.6 is 7.82 Å². The molecule has 0 radical (unpaired) electrons. The molecular weight excluding hydrogens is 389 g/mol. The zero-order valence-corrected chi connectivity index (χ0v) is 17.3. The van der Waals surface area contributed by atoms with Gasteiger partial charge in [-0.1, -0.05) is 39.0 Å². The first-order valence-electron chi connectivity index (χ1n) is 9.53. The molecule has 3 heterocycles. The Labute approximate surface area is 163 Å². The molecule has 2 aliphatic heterocycles. The third-order valence-corrected chi connectivity index (χ3v) is 5.99. The molecule has 1 aromatic rings. The van der Waals surface area contributed by atoms with Gasteiger partial charge in [-0.15, -0.1) is 0 Å². The van der Waals surface area contributed by atoms with Crippen molar-refractivity contribution in [1.82, 2.24) is 15.7 Å². The largest absolute Gasteiger partial charge is 0.756 e. The minimum absolute atomic E-state index is 0. The van der Waals surface area contributed by atoms with Crippen LogP contribution in [-0.4, -0.2) is 28.4 Å². The Hall–Kier alpha value is -1.29. The second-order valence-corrected chi connectivity index (χ2v) is 8.45. The lowest BCUT2D eigenvalue weighted by Crippen LogP contribution is -2.35. The fourth-order valence-corrected chi connectivity index (χ4v) is 4.45. The van der Waals surface area contributed by atoms with Gasteiger partial charge in [-0.3, -0.25) is 18.9 Å².